The molecule has 0 aliphatic carbocycles. The van der Waals surface area contributed by atoms with E-state index in [0.29, 0.717) is 11.7 Å². The fourth-order valence-electron chi connectivity index (χ4n) is 2.13. The van der Waals surface area contributed by atoms with E-state index in [1.807, 2.05) is 55.5 Å². The molecule has 25 heavy (non-hydrogen) atoms. The summed E-state index contributed by atoms with van der Waals surface area (Å²) in [5.74, 6) is 1.48. The van der Waals surface area contributed by atoms with E-state index in [1.54, 1.807) is 0 Å². The molecule has 0 spiro atoms. The van der Waals surface area contributed by atoms with Crippen LogP contribution in [0, 0.1) is 6.92 Å². The molecule has 3 rings (SSSR count). The minimum absolute atomic E-state index is 0.0270. The smallest absolute Gasteiger partial charge is 0.249 e. The summed E-state index contributed by atoms with van der Waals surface area (Å²) in [6.45, 7) is 2.46. The number of hydrogen-bond donors (Lipinski definition) is 2. The van der Waals surface area contributed by atoms with Crippen molar-refractivity contribution in [1.29, 1.82) is 0 Å². The number of thiazole rings is 1. The summed E-state index contributed by atoms with van der Waals surface area (Å²) in [6, 6.07) is 15.4. The van der Waals surface area contributed by atoms with Crippen LogP contribution in [0.25, 0.3) is 0 Å². The number of anilines is 1. The highest BCUT2D eigenvalue weighted by Gasteiger charge is 2.13. The summed E-state index contributed by atoms with van der Waals surface area (Å²) in [4.78, 5) is 4.03. The number of nitrogens with two attached hydrogens (primary N) is 1. The van der Waals surface area contributed by atoms with Gasteiger partial charge < -0.3 is 10.1 Å². The Morgan fingerprint density at radius 1 is 1.16 bits per heavy atom. The fourth-order valence-corrected chi connectivity index (χ4v) is 3.57. The lowest BCUT2D eigenvalue weighted by Gasteiger charge is -2.11. The number of sulfonamides is 1. The highest BCUT2D eigenvalue weighted by atomic mass is 32.2. The van der Waals surface area contributed by atoms with Crippen molar-refractivity contribution in [3.8, 4) is 11.5 Å². The summed E-state index contributed by atoms with van der Waals surface area (Å²) in [5.41, 5.74) is 2.09. The molecule has 2 aromatic carbocycles. The van der Waals surface area contributed by atoms with Gasteiger partial charge in [0.05, 0.1) is 6.20 Å². The Morgan fingerprint density at radius 3 is 2.56 bits per heavy atom. The van der Waals surface area contributed by atoms with Crippen LogP contribution in [0.5, 0.6) is 11.5 Å². The average molecular weight is 375 g/mol. The molecular weight excluding hydrogens is 358 g/mol. The third kappa shape index (κ3) is 4.56. The van der Waals surface area contributed by atoms with Crippen LogP contribution in [0.1, 0.15) is 11.1 Å². The summed E-state index contributed by atoms with van der Waals surface area (Å²) in [6.07, 6.45) is 1.25. The van der Waals surface area contributed by atoms with Gasteiger partial charge in [-0.3, -0.25) is 0 Å². The van der Waals surface area contributed by atoms with Crippen molar-refractivity contribution in [3.05, 3.63) is 65.9 Å². The zero-order valence-corrected chi connectivity index (χ0v) is 15.1. The van der Waals surface area contributed by atoms with E-state index in [4.69, 9.17) is 9.88 Å². The van der Waals surface area contributed by atoms with Gasteiger partial charge in [-0.25, -0.2) is 18.5 Å². The third-order valence-corrected chi connectivity index (χ3v) is 5.78. The number of nitrogens with one attached hydrogen (secondary N) is 1. The van der Waals surface area contributed by atoms with E-state index in [0.717, 1.165) is 34.0 Å². The minimum Gasteiger partial charge on any atom is -0.457 e. The topological polar surface area (TPSA) is 94.3 Å². The Labute approximate surface area is 150 Å². The monoisotopic (exact) mass is 375 g/mol. The van der Waals surface area contributed by atoms with Crippen LogP contribution >= 0.6 is 11.3 Å². The lowest BCUT2D eigenvalue weighted by atomic mass is 10.2. The van der Waals surface area contributed by atoms with E-state index in [1.165, 1.54) is 6.20 Å². The molecule has 1 heterocycles. The number of aromatic nitrogens is 1. The Morgan fingerprint density at radius 2 is 1.88 bits per heavy atom. The van der Waals surface area contributed by atoms with E-state index >= 15 is 0 Å². The first-order valence-corrected chi connectivity index (χ1v) is 9.83. The first-order valence-electron chi connectivity index (χ1n) is 7.47. The van der Waals surface area contributed by atoms with Gasteiger partial charge in [-0.2, -0.15) is 0 Å². The molecule has 0 saturated heterocycles. The van der Waals surface area contributed by atoms with Gasteiger partial charge in [0.15, 0.2) is 9.34 Å². The number of ether oxygens (including phenoxy) is 1. The van der Waals surface area contributed by atoms with Crippen LogP contribution in [0.3, 0.4) is 0 Å². The van der Waals surface area contributed by atoms with Gasteiger partial charge in [0.1, 0.15) is 11.5 Å². The van der Waals surface area contributed by atoms with E-state index in [-0.39, 0.29) is 4.21 Å². The fraction of sp³-hybridized carbons (Fsp3) is 0.118. The predicted octanol–water partition coefficient (Wildman–Crippen LogP) is 3.50. The number of aryl methyl sites for hydroxylation is 1. The maximum Gasteiger partial charge on any atom is 0.249 e. The number of primary sulfonamides is 1. The molecule has 0 bridgehead atoms. The van der Waals surface area contributed by atoms with Crippen LogP contribution in [-0.4, -0.2) is 13.4 Å². The molecule has 0 saturated carbocycles. The molecule has 6 nitrogen and oxygen atoms in total. The molecule has 130 valence electrons. The van der Waals surface area contributed by atoms with Crippen molar-refractivity contribution in [2.75, 3.05) is 5.32 Å². The standard InChI is InChI=1S/C17H17N3O3S2/c1-12-6-8-14(9-7-12)23-15-5-3-2-4-13(15)10-19-17-20-11-16(24-17)25(18,21)22/h2-9,11H,10H2,1H3,(H,19,20)(H2,18,21,22). The maximum atomic E-state index is 11.3. The molecule has 0 atom stereocenters. The average Bonchev–Trinajstić information content (AvgIpc) is 3.05. The summed E-state index contributed by atoms with van der Waals surface area (Å²) in [7, 11) is -3.73. The SMILES string of the molecule is Cc1ccc(Oc2ccccc2CNc2ncc(S(N)(=O)=O)s2)cc1. The number of benzene rings is 2. The summed E-state index contributed by atoms with van der Waals surface area (Å²) < 4.78 is 28.6. The van der Waals surface area contributed by atoms with Crippen LogP contribution in [0.4, 0.5) is 5.13 Å². The van der Waals surface area contributed by atoms with Crippen molar-refractivity contribution in [3.63, 3.8) is 0 Å². The second-order valence-corrected chi connectivity index (χ2v) is 8.22. The largest absolute Gasteiger partial charge is 0.457 e. The Hall–Kier alpha value is -2.42. The second kappa shape index (κ2) is 7.22. The van der Waals surface area contributed by atoms with E-state index in [9.17, 15) is 8.42 Å². The quantitative estimate of drug-likeness (QED) is 0.688. The molecule has 0 aliphatic rings. The Bertz CT molecular complexity index is 967. The van der Waals surface area contributed by atoms with Gasteiger partial charge in [-0.15, -0.1) is 0 Å². The zero-order chi connectivity index (χ0) is 17.9. The second-order valence-electron chi connectivity index (χ2n) is 5.41. The first-order chi connectivity index (χ1) is 11.9. The number of nitrogens with zero attached hydrogens (tertiary/aromatic N) is 1. The van der Waals surface area contributed by atoms with Crippen LogP contribution in [0.2, 0.25) is 0 Å². The molecular formula is C17H17N3O3S2. The molecule has 3 N–H and O–H groups in total. The van der Waals surface area contributed by atoms with Crippen LogP contribution < -0.4 is 15.2 Å². The minimum atomic E-state index is -3.73. The van der Waals surface area contributed by atoms with Crippen LogP contribution in [-0.2, 0) is 16.6 Å². The highest BCUT2D eigenvalue weighted by Crippen LogP contribution is 2.27. The number of hydrogen-bond acceptors (Lipinski definition) is 6. The molecule has 1 aromatic heterocycles. The highest BCUT2D eigenvalue weighted by molar-refractivity contribution is 7.91. The third-order valence-electron chi connectivity index (χ3n) is 3.42. The number of para-hydroxylation sites is 1. The van der Waals surface area contributed by atoms with Crippen molar-refractivity contribution in [2.45, 2.75) is 17.7 Å². The molecule has 0 radical (unpaired) electrons. The van der Waals surface area contributed by atoms with Crippen molar-refractivity contribution < 1.29 is 13.2 Å². The van der Waals surface area contributed by atoms with Crippen molar-refractivity contribution in [1.82, 2.24) is 4.98 Å². The van der Waals surface area contributed by atoms with Gasteiger partial charge in [-0.1, -0.05) is 47.2 Å². The van der Waals surface area contributed by atoms with Gasteiger partial charge in [0.25, 0.3) is 0 Å². The van der Waals surface area contributed by atoms with Gasteiger partial charge in [0.2, 0.25) is 10.0 Å². The normalized spacial score (nSPS) is 11.3. The Kier molecular flexibility index (Phi) is 5.03. The van der Waals surface area contributed by atoms with Crippen molar-refractivity contribution in [2.24, 2.45) is 5.14 Å². The zero-order valence-electron chi connectivity index (χ0n) is 13.5. The van der Waals surface area contributed by atoms with E-state index < -0.39 is 10.0 Å². The molecule has 3 aromatic rings. The lowest BCUT2D eigenvalue weighted by Crippen LogP contribution is -2.09. The maximum absolute atomic E-state index is 11.3. The lowest BCUT2D eigenvalue weighted by molar-refractivity contribution is 0.477. The molecule has 8 heteroatoms. The van der Waals surface area contributed by atoms with Crippen molar-refractivity contribution >= 4 is 26.5 Å². The molecule has 0 fully saturated rings. The summed E-state index contributed by atoms with van der Waals surface area (Å²) >= 11 is 0.995. The van der Waals surface area contributed by atoms with Gasteiger partial charge >= 0.3 is 0 Å². The number of rotatable bonds is 6. The van der Waals surface area contributed by atoms with E-state index in [2.05, 4.69) is 10.3 Å². The van der Waals surface area contributed by atoms with Crippen LogP contribution in [0.15, 0.2) is 58.9 Å². The van der Waals surface area contributed by atoms with Gasteiger partial charge in [0, 0.05) is 12.1 Å². The van der Waals surface area contributed by atoms with Gasteiger partial charge in [-0.05, 0) is 25.1 Å². The molecule has 0 unspecified atom stereocenters. The molecule has 0 amide bonds. The summed E-state index contributed by atoms with van der Waals surface area (Å²) in [5, 5.41) is 8.67. The predicted molar refractivity (Wildman–Crippen MR) is 98.5 cm³/mol. The molecule has 0 aliphatic heterocycles. The first kappa shape index (κ1) is 17.4. The Balaban J connectivity index is 1.73.